The standard InChI is InChI=1S/C14H15NO3S/c1-17-18-19-13-8-3-2-7-12(13)14(16)10-5-4-6-11(15)9-10/h2-9,14,16H,15H2,1H3. The van der Waals surface area contributed by atoms with Crippen LogP contribution in [0.2, 0.25) is 0 Å². The molecule has 0 saturated heterocycles. The molecule has 0 amide bonds. The first kappa shape index (κ1) is 13.9. The Hall–Kier alpha value is -1.53. The van der Waals surface area contributed by atoms with Gasteiger partial charge in [-0.05, 0) is 23.8 Å². The maximum atomic E-state index is 10.4. The van der Waals surface area contributed by atoms with E-state index < -0.39 is 6.10 Å². The molecule has 3 N–H and O–H groups in total. The van der Waals surface area contributed by atoms with Crippen LogP contribution in [0.25, 0.3) is 0 Å². The molecule has 19 heavy (non-hydrogen) atoms. The molecule has 0 aliphatic rings. The number of nitrogens with two attached hydrogens (primary N) is 1. The fourth-order valence-electron chi connectivity index (χ4n) is 1.76. The van der Waals surface area contributed by atoms with Gasteiger partial charge in [0, 0.05) is 16.1 Å². The molecule has 2 rings (SSSR count). The lowest BCUT2D eigenvalue weighted by atomic mass is 10.0. The van der Waals surface area contributed by atoms with E-state index in [1.807, 2.05) is 36.4 Å². The molecule has 2 aromatic carbocycles. The molecule has 0 fully saturated rings. The van der Waals surface area contributed by atoms with Crippen LogP contribution in [0.4, 0.5) is 5.69 Å². The van der Waals surface area contributed by atoms with Crippen molar-refractivity contribution >= 4 is 17.7 Å². The fraction of sp³-hybridized carbons (Fsp3) is 0.143. The predicted octanol–water partition coefficient (Wildman–Crippen LogP) is 2.94. The summed E-state index contributed by atoms with van der Waals surface area (Å²) in [5, 5.41) is 10.4. The first-order chi connectivity index (χ1) is 9.22. The molecule has 0 bridgehead atoms. The highest BCUT2D eigenvalue weighted by atomic mass is 32.2. The molecule has 0 aromatic heterocycles. The zero-order valence-electron chi connectivity index (χ0n) is 10.4. The average Bonchev–Trinajstić information content (AvgIpc) is 2.44. The fourth-order valence-corrected chi connectivity index (χ4v) is 2.31. The summed E-state index contributed by atoms with van der Waals surface area (Å²) >= 11 is 1.06. The largest absolute Gasteiger partial charge is 0.399 e. The molecule has 1 atom stereocenters. The minimum absolute atomic E-state index is 0.620. The zero-order chi connectivity index (χ0) is 13.7. The van der Waals surface area contributed by atoms with Gasteiger partial charge in [-0.2, -0.15) is 4.33 Å². The minimum atomic E-state index is -0.757. The van der Waals surface area contributed by atoms with Gasteiger partial charge in [0.1, 0.15) is 6.10 Å². The molecule has 100 valence electrons. The lowest BCUT2D eigenvalue weighted by Crippen LogP contribution is -2.02. The van der Waals surface area contributed by atoms with E-state index in [0.29, 0.717) is 5.69 Å². The smallest absolute Gasteiger partial charge is 0.105 e. The van der Waals surface area contributed by atoms with Crippen LogP contribution in [0, 0.1) is 0 Å². The molecule has 0 aliphatic carbocycles. The molecular weight excluding hydrogens is 262 g/mol. The van der Waals surface area contributed by atoms with Gasteiger partial charge >= 0.3 is 0 Å². The van der Waals surface area contributed by atoms with Gasteiger partial charge in [0.15, 0.2) is 0 Å². The van der Waals surface area contributed by atoms with Crippen LogP contribution in [-0.2, 0) is 9.22 Å². The Labute approximate surface area is 116 Å². The van der Waals surface area contributed by atoms with Crippen molar-refractivity contribution in [2.75, 3.05) is 12.8 Å². The summed E-state index contributed by atoms with van der Waals surface area (Å²) in [7, 11) is 1.43. The molecule has 0 spiro atoms. The van der Waals surface area contributed by atoms with Crippen LogP contribution in [0.1, 0.15) is 17.2 Å². The first-order valence-electron chi connectivity index (χ1n) is 5.72. The molecular formula is C14H15NO3S. The van der Waals surface area contributed by atoms with Crippen LogP contribution < -0.4 is 5.73 Å². The van der Waals surface area contributed by atoms with E-state index in [1.54, 1.807) is 12.1 Å². The quantitative estimate of drug-likeness (QED) is 0.381. The summed E-state index contributed by atoms with van der Waals surface area (Å²) in [6.45, 7) is 0. The average molecular weight is 277 g/mol. The first-order valence-corrected chi connectivity index (χ1v) is 6.46. The number of nitrogen functional groups attached to an aromatic ring is 1. The van der Waals surface area contributed by atoms with Crippen molar-refractivity contribution < 1.29 is 14.3 Å². The third-order valence-corrected chi connectivity index (χ3v) is 3.39. The summed E-state index contributed by atoms with van der Waals surface area (Å²) in [4.78, 5) is 5.36. The van der Waals surface area contributed by atoms with E-state index in [0.717, 1.165) is 28.1 Å². The van der Waals surface area contributed by atoms with Crippen LogP contribution in [0.15, 0.2) is 53.4 Å². The molecule has 2 aromatic rings. The second-order valence-electron chi connectivity index (χ2n) is 3.93. The number of benzene rings is 2. The highest BCUT2D eigenvalue weighted by Crippen LogP contribution is 2.32. The van der Waals surface area contributed by atoms with Crippen molar-refractivity contribution in [3.05, 3.63) is 59.7 Å². The van der Waals surface area contributed by atoms with Crippen LogP contribution >= 0.6 is 12.0 Å². The van der Waals surface area contributed by atoms with Crippen molar-refractivity contribution in [2.24, 2.45) is 0 Å². The van der Waals surface area contributed by atoms with E-state index in [4.69, 9.17) is 10.1 Å². The number of aliphatic hydroxyl groups excluding tert-OH is 1. The van der Waals surface area contributed by atoms with Gasteiger partial charge in [-0.3, -0.25) is 0 Å². The Morgan fingerprint density at radius 3 is 2.68 bits per heavy atom. The summed E-state index contributed by atoms with van der Waals surface area (Å²) < 4.78 is 4.85. The third kappa shape index (κ3) is 3.48. The third-order valence-electron chi connectivity index (χ3n) is 2.63. The number of hydrogen-bond donors (Lipinski definition) is 2. The SMILES string of the molecule is COOSc1ccccc1C(O)c1cccc(N)c1. The topological polar surface area (TPSA) is 64.7 Å². The minimum Gasteiger partial charge on any atom is -0.399 e. The van der Waals surface area contributed by atoms with Gasteiger partial charge in [-0.1, -0.05) is 30.3 Å². The summed E-state index contributed by atoms with van der Waals surface area (Å²) in [6, 6.07) is 14.6. The highest BCUT2D eigenvalue weighted by molar-refractivity contribution is 7.94. The van der Waals surface area contributed by atoms with Gasteiger partial charge in [-0.15, -0.1) is 0 Å². The van der Waals surface area contributed by atoms with Gasteiger partial charge < -0.3 is 10.8 Å². The number of hydrogen-bond acceptors (Lipinski definition) is 5. The van der Waals surface area contributed by atoms with Crippen molar-refractivity contribution in [3.63, 3.8) is 0 Å². The van der Waals surface area contributed by atoms with Gasteiger partial charge in [0.25, 0.3) is 0 Å². The Morgan fingerprint density at radius 1 is 1.16 bits per heavy atom. The lowest BCUT2D eigenvalue weighted by Gasteiger charge is -2.15. The second kappa shape index (κ2) is 6.58. The monoisotopic (exact) mass is 277 g/mol. The number of rotatable bonds is 5. The lowest BCUT2D eigenvalue weighted by molar-refractivity contribution is -0.160. The van der Waals surface area contributed by atoms with Crippen LogP contribution in [0.3, 0.4) is 0 Å². The molecule has 1 unspecified atom stereocenters. The summed E-state index contributed by atoms with van der Waals surface area (Å²) in [5.74, 6) is 0. The zero-order valence-corrected chi connectivity index (χ0v) is 11.3. The van der Waals surface area contributed by atoms with E-state index in [9.17, 15) is 5.11 Å². The van der Waals surface area contributed by atoms with E-state index in [-0.39, 0.29) is 0 Å². The van der Waals surface area contributed by atoms with Crippen molar-refractivity contribution in [1.29, 1.82) is 0 Å². The maximum Gasteiger partial charge on any atom is 0.105 e. The molecule has 5 heteroatoms. The molecule has 0 radical (unpaired) electrons. The summed E-state index contributed by atoms with van der Waals surface area (Å²) in [6.07, 6.45) is -0.757. The maximum absolute atomic E-state index is 10.4. The van der Waals surface area contributed by atoms with Crippen molar-refractivity contribution in [1.82, 2.24) is 0 Å². The molecule has 0 saturated carbocycles. The molecule has 4 nitrogen and oxygen atoms in total. The number of aliphatic hydroxyl groups is 1. The Morgan fingerprint density at radius 2 is 1.95 bits per heavy atom. The Bertz CT molecular complexity index is 548. The van der Waals surface area contributed by atoms with Crippen molar-refractivity contribution in [3.8, 4) is 0 Å². The van der Waals surface area contributed by atoms with Crippen molar-refractivity contribution in [2.45, 2.75) is 11.0 Å². The Kier molecular flexibility index (Phi) is 4.81. The van der Waals surface area contributed by atoms with Crippen LogP contribution in [-0.4, -0.2) is 12.2 Å². The predicted molar refractivity (Wildman–Crippen MR) is 75.3 cm³/mol. The van der Waals surface area contributed by atoms with E-state index >= 15 is 0 Å². The van der Waals surface area contributed by atoms with E-state index in [2.05, 4.69) is 4.89 Å². The van der Waals surface area contributed by atoms with Gasteiger partial charge in [-0.25, -0.2) is 4.89 Å². The summed E-state index contributed by atoms with van der Waals surface area (Å²) in [5.41, 5.74) is 7.84. The van der Waals surface area contributed by atoms with Gasteiger partial charge in [0.2, 0.25) is 0 Å². The molecule has 0 aliphatic heterocycles. The van der Waals surface area contributed by atoms with Crippen LogP contribution in [0.5, 0.6) is 0 Å². The normalized spacial score (nSPS) is 12.3. The number of anilines is 1. The van der Waals surface area contributed by atoms with Gasteiger partial charge in [0.05, 0.1) is 19.2 Å². The van der Waals surface area contributed by atoms with E-state index in [1.165, 1.54) is 7.11 Å². The molecule has 0 heterocycles. The Balaban J connectivity index is 2.30. The second-order valence-corrected chi connectivity index (χ2v) is 4.67. The highest BCUT2D eigenvalue weighted by Gasteiger charge is 2.15.